The Hall–Kier alpha value is -4.62. The fraction of sp³-hybridized carbons (Fsp3) is 0.651. The predicted molar refractivity (Wildman–Crippen MR) is 303 cm³/mol. The molecule has 1 heterocycles. The van der Waals surface area contributed by atoms with Crippen molar-refractivity contribution in [2.24, 2.45) is 0 Å². The molecule has 0 bridgehead atoms. The van der Waals surface area contributed by atoms with Crippen molar-refractivity contribution in [1.82, 2.24) is 0 Å². The van der Waals surface area contributed by atoms with E-state index in [2.05, 4.69) is 112 Å². The summed E-state index contributed by atoms with van der Waals surface area (Å²) in [7, 11) is 0. The lowest BCUT2D eigenvalue weighted by molar-refractivity contribution is -0.301. The number of carbonyl (C=O) groups is 4. The fourth-order valence-corrected chi connectivity index (χ4v) is 8.00. The SMILES string of the molecule is CC/C=C\C/C=C\C/C=C\C/C=C\C/C=C\C/C=C\CCC(=O)OC1C(OCC(COC(=O)CCCCC/C=C\C/C=C\C/C=C\CC)OC(=O)CCCCCCCCCCCCCCC)OC(C(=O)O)C(O)C1O. The van der Waals surface area contributed by atoms with Crippen LogP contribution in [0.15, 0.2) is 109 Å². The highest BCUT2D eigenvalue weighted by molar-refractivity contribution is 5.74. The molecule has 0 aliphatic carbocycles. The lowest BCUT2D eigenvalue weighted by Gasteiger charge is -2.40. The Morgan fingerprint density at radius 2 is 0.867 bits per heavy atom. The summed E-state index contributed by atoms with van der Waals surface area (Å²) in [5, 5.41) is 31.4. The number of aliphatic hydroxyl groups excluding tert-OH is 2. The molecular formula is C63H100O12. The van der Waals surface area contributed by atoms with Crippen LogP contribution in [-0.4, -0.2) is 89.2 Å². The van der Waals surface area contributed by atoms with E-state index < -0.39 is 67.3 Å². The number of ether oxygens (including phenoxy) is 5. The van der Waals surface area contributed by atoms with E-state index in [1.807, 2.05) is 18.2 Å². The Labute approximate surface area is 453 Å². The summed E-state index contributed by atoms with van der Waals surface area (Å²) in [6, 6.07) is 0. The van der Waals surface area contributed by atoms with Gasteiger partial charge in [0.25, 0.3) is 0 Å². The van der Waals surface area contributed by atoms with E-state index in [0.717, 1.165) is 89.9 Å². The first-order valence-electron chi connectivity index (χ1n) is 28.9. The molecule has 424 valence electrons. The van der Waals surface area contributed by atoms with Gasteiger partial charge in [0.2, 0.25) is 0 Å². The molecule has 1 rings (SSSR count). The highest BCUT2D eigenvalue weighted by Crippen LogP contribution is 2.26. The van der Waals surface area contributed by atoms with Gasteiger partial charge in [-0.3, -0.25) is 14.4 Å². The van der Waals surface area contributed by atoms with Crippen LogP contribution in [0.2, 0.25) is 0 Å². The number of carboxylic acids is 1. The molecular weight excluding hydrogens is 949 g/mol. The van der Waals surface area contributed by atoms with Crippen LogP contribution in [0.25, 0.3) is 0 Å². The third-order valence-corrected chi connectivity index (χ3v) is 12.4. The van der Waals surface area contributed by atoms with Crippen LogP contribution in [0.3, 0.4) is 0 Å². The number of esters is 3. The van der Waals surface area contributed by atoms with Gasteiger partial charge in [-0.25, -0.2) is 4.79 Å². The van der Waals surface area contributed by atoms with E-state index >= 15 is 0 Å². The van der Waals surface area contributed by atoms with Gasteiger partial charge in [0.05, 0.1) is 6.61 Å². The third kappa shape index (κ3) is 40.3. The Bertz CT molecular complexity index is 1720. The van der Waals surface area contributed by atoms with Crippen LogP contribution in [-0.2, 0) is 42.9 Å². The molecule has 6 atom stereocenters. The van der Waals surface area contributed by atoms with Crippen LogP contribution >= 0.6 is 0 Å². The quantitative estimate of drug-likeness (QED) is 0.0228. The highest BCUT2D eigenvalue weighted by atomic mass is 16.7. The lowest BCUT2D eigenvalue weighted by Crippen LogP contribution is -2.61. The maximum atomic E-state index is 13.1. The molecule has 0 spiro atoms. The largest absolute Gasteiger partial charge is 0.479 e. The van der Waals surface area contributed by atoms with Gasteiger partial charge in [-0.05, 0) is 89.9 Å². The first kappa shape index (κ1) is 68.4. The van der Waals surface area contributed by atoms with E-state index in [4.69, 9.17) is 23.7 Å². The molecule has 0 amide bonds. The number of aliphatic hydroxyl groups is 2. The highest BCUT2D eigenvalue weighted by Gasteiger charge is 2.50. The van der Waals surface area contributed by atoms with E-state index in [1.54, 1.807) is 0 Å². The Morgan fingerprint density at radius 3 is 1.33 bits per heavy atom. The molecule has 0 aromatic heterocycles. The second-order valence-corrected chi connectivity index (χ2v) is 19.2. The molecule has 75 heavy (non-hydrogen) atoms. The van der Waals surface area contributed by atoms with Crippen LogP contribution in [0.5, 0.6) is 0 Å². The van der Waals surface area contributed by atoms with Gasteiger partial charge < -0.3 is 39.0 Å². The number of hydrogen-bond donors (Lipinski definition) is 3. The molecule has 12 heteroatoms. The van der Waals surface area contributed by atoms with E-state index in [-0.39, 0.29) is 25.9 Å². The van der Waals surface area contributed by atoms with E-state index in [0.29, 0.717) is 25.7 Å². The summed E-state index contributed by atoms with van der Waals surface area (Å²) in [5.74, 6) is -3.28. The molecule has 0 saturated carbocycles. The molecule has 0 aromatic rings. The van der Waals surface area contributed by atoms with E-state index in [9.17, 15) is 34.5 Å². The zero-order valence-corrected chi connectivity index (χ0v) is 46.5. The van der Waals surface area contributed by atoms with Crippen molar-refractivity contribution in [3.8, 4) is 0 Å². The van der Waals surface area contributed by atoms with Crippen molar-refractivity contribution in [3.63, 3.8) is 0 Å². The molecule has 1 fully saturated rings. The number of aliphatic carboxylic acids is 1. The molecule has 0 aromatic carbocycles. The minimum atomic E-state index is -1.94. The second kappa shape index (κ2) is 50.2. The van der Waals surface area contributed by atoms with Crippen molar-refractivity contribution >= 4 is 23.9 Å². The number of carboxylic acid groups (broad SMARTS) is 1. The van der Waals surface area contributed by atoms with Gasteiger partial charge in [-0.2, -0.15) is 0 Å². The zero-order chi connectivity index (χ0) is 54.7. The lowest BCUT2D eigenvalue weighted by atomic mass is 9.98. The average molecular weight is 1050 g/mol. The van der Waals surface area contributed by atoms with Crippen LogP contribution < -0.4 is 0 Å². The number of unbranched alkanes of at least 4 members (excludes halogenated alkanes) is 15. The first-order chi connectivity index (χ1) is 36.6. The monoisotopic (exact) mass is 1050 g/mol. The maximum absolute atomic E-state index is 13.1. The normalized spacial score (nSPS) is 19.0. The van der Waals surface area contributed by atoms with Crippen LogP contribution in [0.1, 0.15) is 213 Å². The number of carbonyl (C=O) groups excluding carboxylic acids is 3. The Morgan fingerprint density at radius 1 is 0.453 bits per heavy atom. The number of allylic oxidation sites excluding steroid dienone is 18. The molecule has 3 N–H and O–H groups in total. The summed E-state index contributed by atoms with van der Waals surface area (Å²) in [5.41, 5.74) is 0. The standard InChI is InChI=1S/C63H100O12/c1-4-7-10-13-16-19-22-25-26-27-28-29-30-33-36-39-42-45-48-51-57(66)74-61-59(68)58(67)60(62(69)70)75-63(61)72-53-54(73-56(65)50-47-44-41-38-35-32-24-21-18-15-12-9-6-3)52-71-55(64)49-46-43-40-37-34-31-23-20-17-14-11-8-5-2/h7-8,10-11,16-17,19-20,25-26,28-29,31,33-34,36,42,45,54,58-61,63,67-68H,4-6,9,12-15,18,21-24,27,30,32,35,37-41,43-44,46-53H2,1-3H3,(H,69,70)/b10-7-,11-8-,19-16-,20-17-,26-25-,29-28-,34-31-,36-33-,45-42-. The summed E-state index contributed by atoms with van der Waals surface area (Å²) in [6.45, 7) is 5.69. The van der Waals surface area contributed by atoms with Gasteiger partial charge >= 0.3 is 23.9 Å². The average Bonchev–Trinajstić information content (AvgIpc) is 3.39. The first-order valence-corrected chi connectivity index (χ1v) is 28.9. The molecule has 6 unspecified atom stereocenters. The van der Waals surface area contributed by atoms with Crippen molar-refractivity contribution < 1.29 is 58.2 Å². The molecule has 12 nitrogen and oxygen atoms in total. The molecule has 0 radical (unpaired) electrons. The van der Waals surface area contributed by atoms with Gasteiger partial charge in [0.1, 0.15) is 18.8 Å². The van der Waals surface area contributed by atoms with Gasteiger partial charge in [0, 0.05) is 19.3 Å². The van der Waals surface area contributed by atoms with Gasteiger partial charge in [-0.1, -0.05) is 214 Å². The number of rotatable bonds is 47. The third-order valence-electron chi connectivity index (χ3n) is 12.4. The smallest absolute Gasteiger partial charge is 0.335 e. The minimum Gasteiger partial charge on any atom is -0.479 e. The summed E-state index contributed by atoms with van der Waals surface area (Å²) in [6.07, 6.45) is 55.0. The summed E-state index contributed by atoms with van der Waals surface area (Å²) in [4.78, 5) is 51.0. The summed E-state index contributed by atoms with van der Waals surface area (Å²) >= 11 is 0. The predicted octanol–water partition coefficient (Wildman–Crippen LogP) is 14.7. The topological polar surface area (TPSA) is 175 Å². The van der Waals surface area contributed by atoms with Gasteiger partial charge in [-0.15, -0.1) is 0 Å². The maximum Gasteiger partial charge on any atom is 0.335 e. The molecule has 1 aliphatic rings. The van der Waals surface area contributed by atoms with Gasteiger partial charge in [0.15, 0.2) is 24.6 Å². The van der Waals surface area contributed by atoms with E-state index in [1.165, 1.54) is 57.8 Å². The zero-order valence-electron chi connectivity index (χ0n) is 46.5. The van der Waals surface area contributed by atoms with Crippen molar-refractivity contribution in [3.05, 3.63) is 109 Å². The van der Waals surface area contributed by atoms with Crippen LogP contribution in [0, 0.1) is 0 Å². The summed E-state index contributed by atoms with van der Waals surface area (Å²) < 4.78 is 28.3. The minimum absolute atomic E-state index is 0.0718. The number of hydrogen-bond acceptors (Lipinski definition) is 11. The molecule has 1 aliphatic heterocycles. The van der Waals surface area contributed by atoms with Crippen molar-refractivity contribution in [2.45, 2.75) is 250 Å². The van der Waals surface area contributed by atoms with Crippen molar-refractivity contribution in [2.75, 3.05) is 13.2 Å². The van der Waals surface area contributed by atoms with Crippen LogP contribution in [0.4, 0.5) is 0 Å². The second-order valence-electron chi connectivity index (χ2n) is 19.2. The molecule has 1 saturated heterocycles. The van der Waals surface area contributed by atoms with Crippen molar-refractivity contribution in [1.29, 1.82) is 0 Å². The Kier molecular flexibility index (Phi) is 45.8. The fourth-order valence-electron chi connectivity index (χ4n) is 8.00. The Balaban J connectivity index is 2.76.